The zero-order valence-electron chi connectivity index (χ0n) is 21.5. The molecule has 0 spiro atoms. The molecule has 1 amide bonds. The van der Waals surface area contributed by atoms with Gasteiger partial charge in [-0.2, -0.15) is 14.4 Å². The molecule has 3 aromatic rings. The number of ether oxygens (including phenoxy) is 2. The van der Waals surface area contributed by atoms with Gasteiger partial charge in [-0.25, -0.2) is 9.78 Å². The number of fused-ring (bicyclic) bond motifs is 1. The first-order chi connectivity index (χ1) is 16.4. The third kappa shape index (κ3) is 7.03. The molecule has 0 unspecified atom stereocenters. The summed E-state index contributed by atoms with van der Waals surface area (Å²) in [6.45, 7) is 12.6. The van der Waals surface area contributed by atoms with E-state index in [1.54, 1.807) is 21.8 Å². The number of aromatic nitrogens is 6. The van der Waals surface area contributed by atoms with Crippen LogP contribution in [0.5, 0.6) is 5.88 Å². The molecule has 11 nitrogen and oxygen atoms in total. The molecule has 0 atom stereocenters. The van der Waals surface area contributed by atoms with E-state index in [0.29, 0.717) is 35.8 Å². The molecule has 2 N–H and O–H groups in total. The highest BCUT2D eigenvalue weighted by Gasteiger charge is 2.22. The molecule has 0 aliphatic carbocycles. The van der Waals surface area contributed by atoms with Crippen molar-refractivity contribution in [3.8, 4) is 5.88 Å². The van der Waals surface area contributed by atoms with Crippen molar-refractivity contribution in [2.75, 3.05) is 19.0 Å². The number of anilines is 2. The molecule has 12 heteroatoms. The number of unbranched alkanes of at least 4 members (excludes halogenated alkanes) is 2. The van der Waals surface area contributed by atoms with Crippen molar-refractivity contribution < 1.29 is 18.7 Å². The Balaban J connectivity index is 1.60. The Morgan fingerprint density at radius 1 is 1.11 bits per heavy atom. The van der Waals surface area contributed by atoms with Crippen LogP contribution in [0.25, 0.3) is 11.2 Å². The van der Waals surface area contributed by atoms with E-state index in [1.165, 1.54) is 7.11 Å². The highest BCUT2D eigenvalue weighted by molar-refractivity contribution is 5.85. The first-order valence-electron chi connectivity index (χ1n) is 11.6. The number of hydrogen-bond acceptors (Lipinski definition) is 8. The summed E-state index contributed by atoms with van der Waals surface area (Å²) >= 11 is 0. The van der Waals surface area contributed by atoms with Crippen LogP contribution >= 0.6 is 0 Å². The topological polar surface area (TPSA) is 121 Å². The van der Waals surface area contributed by atoms with Gasteiger partial charge in [-0.3, -0.25) is 4.68 Å². The Hall–Kier alpha value is -3.44. The van der Waals surface area contributed by atoms with Gasteiger partial charge in [-0.1, -0.05) is 0 Å². The van der Waals surface area contributed by atoms with Crippen LogP contribution in [-0.4, -0.2) is 54.6 Å². The van der Waals surface area contributed by atoms with Crippen molar-refractivity contribution in [3.05, 3.63) is 18.6 Å². The molecule has 0 bridgehead atoms. The molecule has 0 aliphatic heterocycles. The van der Waals surface area contributed by atoms with Crippen molar-refractivity contribution in [2.24, 2.45) is 0 Å². The minimum Gasteiger partial charge on any atom is -0.478 e. The molecule has 0 saturated carbocycles. The largest absolute Gasteiger partial charge is 0.478 e. The highest BCUT2D eigenvalue weighted by Crippen LogP contribution is 2.30. The zero-order chi connectivity index (χ0) is 25.8. The summed E-state index contributed by atoms with van der Waals surface area (Å²) in [5.41, 5.74) is 0.569. The van der Waals surface area contributed by atoms with Crippen LogP contribution in [0.2, 0.25) is 0 Å². The molecular formula is C23H35FN8O3. The average molecular weight is 491 g/mol. The smallest absolute Gasteiger partial charge is 0.407 e. The van der Waals surface area contributed by atoms with Gasteiger partial charge in [0.15, 0.2) is 17.0 Å². The molecule has 192 valence electrons. The Morgan fingerprint density at radius 2 is 1.86 bits per heavy atom. The van der Waals surface area contributed by atoms with Gasteiger partial charge in [0.25, 0.3) is 5.88 Å². The van der Waals surface area contributed by atoms with Crippen LogP contribution < -0.4 is 15.4 Å². The number of rotatable bonds is 9. The summed E-state index contributed by atoms with van der Waals surface area (Å²) < 4.78 is 28.4. The number of carbonyl (C=O) groups excluding carboxylic acids is 1. The molecule has 3 aromatic heterocycles. The van der Waals surface area contributed by atoms with Gasteiger partial charge in [-0.15, -0.1) is 5.10 Å². The van der Waals surface area contributed by atoms with E-state index in [0.717, 1.165) is 19.3 Å². The van der Waals surface area contributed by atoms with E-state index < -0.39 is 17.8 Å². The fourth-order valence-corrected chi connectivity index (χ4v) is 3.41. The van der Waals surface area contributed by atoms with E-state index in [9.17, 15) is 9.18 Å². The van der Waals surface area contributed by atoms with E-state index in [-0.39, 0.29) is 11.4 Å². The van der Waals surface area contributed by atoms with Crippen LogP contribution in [0.1, 0.15) is 60.8 Å². The minimum absolute atomic E-state index is 0.238. The molecule has 3 heterocycles. The number of nitrogens with zero attached hydrogens (tertiary/aromatic N) is 6. The molecule has 0 aliphatic rings. The Bertz CT molecular complexity index is 1160. The average Bonchev–Trinajstić information content (AvgIpc) is 3.32. The standard InChI is InChI=1S/C23H35FN8O3/c1-22(2,3)32-14-26-16-17(28-20(24)29-18(16)32)27-15-13-31(30-19(15)34-7)12-10-8-9-11-25-21(33)35-23(4,5)6/h13-14H,8-12H2,1-7H3,(H,25,33)(H,27,28,29). The zero-order valence-corrected chi connectivity index (χ0v) is 21.5. The molecule has 35 heavy (non-hydrogen) atoms. The summed E-state index contributed by atoms with van der Waals surface area (Å²) in [4.78, 5) is 23.9. The Kier molecular flexibility index (Phi) is 7.81. The van der Waals surface area contributed by atoms with Crippen molar-refractivity contribution in [3.63, 3.8) is 0 Å². The minimum atomic E-state index is -0.850. The molecule has 0 radical (unpaired) electrons. The van der Waals surface area contributed by atoms with Gasteiger partial charge >= 0.3 is 12.2 Å². The van der Waals surface area contributed by atoms with Crippen molar-refractivity contribution in [2.45, 2.75) is 78.5 Å². The summed E-state index contributed by atoms with van der Waals surface area (Å²) in [5.74, 6) is 0.598. The predicted octanol–water partition coefficient (Wildman–Crippen LogP) is 4.36. The molecule has 3 rings (SSSR count). The lowest BCUT2D eigenvalue weighted by Gasteiger charge is -2.20. The number of alkyl carbamates (subject to hydrolysis) is 1. The number of nitrogens with one attached hydrogen (secondary N) is 2. The molecule has 0 fully saturated rings. The van der Waals surface area contributed by atoms with Crippen LogP contribution in [0.4, 0.5) is 20.7 Å². The SMILES string of the molecule is COc1nn(CCCCCNC(=O)OC(C)(C)C)cc1Nc1nc(F)nc2c1ncn2C(C)(C)C. The Morgan fingerprint density at radius 3 is 2.51 bits per heavy atom. The lowest BCUT2D eigenvalue weighted by Crippen LogP contribution is -2.33. The maximum Gasteiger partial charge on any atom is 0.407 e. The lowest BCUT2D eigenvalue weighted by atomic mass is 10.1. The number of carbonyl (C=O) groups is 1. The van der Waals surface area contributed by atoms with E-state index >= 15 is 0 Å². The van der Waals surface area contributed by atoms with Gasteiger partial charge in [0.05, 0.1) is 19.6 Å². The second-order valence-electron chi connectivity index (χ2n) is 10.2. The number of halogens is 1. The van der Waals surface area contributed by atoms with Gasteiger partial charge in [-0.05, 0) is 60.8 Å². The fourth-order valence-electron chi connectivity index (χ4n) is 3.41. The maximum atomic E-state index is 14.2. The first-order valence-corrected chi connectivity index (χ1v) is 11.6. The molecule has 0 saturated heterocycles. The number of imidazole rings is 1. The third-order valence-corrected chi connectivity index (χ3v) is 5.00. The summed E-state index contributed by atoms with van der Waals surface area (Å²) in [6, 6.07) is 0. The van der Waals surface area contributed by atoms with Crippen LogP contribution in [-0.2, 0) is 16.8 Å². The van der Waals surface area contributed by atoms with Gasteiger partial charge in [0.2, 0.25) is 0 Å². The normalized spacial score (nSPS) is 12.1. The summed E-state index contributed by atoms with van der Waals surface area (Å²) in [5, 5.41) is 10.3. The summed E-state index contributed by atoms with van der Waals surface area (Å²) in [6.07, 6.45) is 4.71. The van der Waals surface area contributed by atoms with Gasteiger partial charge in [0, 0.05) is 18.6 Å². The van der Waals surface area contributed by atoms with Crippen molar-refractivity contribution in [1.82, 2.24) is 34.6 Å². The van der Waals surface area contributed by atoms with Crippen LogP contribution in [0.15, 0.2) is 12.5 Å². The lowest BCUT2D eigenvalue weighted by molar-refractivity contribution is 0.0527. The number of amides is 1. The summed E-state index contributed by atoms with van der Waals surface area (Å²) in [7, 11) is 1.52. The maximum absolute atomic E-state index is 14.2. The third-order valence-electron chi connectivity index (χ3n) is 5.00. The predicted molar refractivity (Wildman–Crippen MR) is 130 cm³/mol. The highest BCUT2D eigenvalue weighted by atomic mass is 19.1. The van der Waals surface area contributed by atoms with Crippen LogP contribution in [0.3, 0.4) is 0 Å². The number of methoxy groups -OCH3 is 1. The second kappa shape index (κ2) is 10.4. The van der Waals surface area contributed by atoms with E-state index in [1.807, 2.05) is 41.5 Å². The first kappa shape index (κ1) is 26.2. The van der Waals surface area contributed by atoms with E-state index in [4.69, 9.17) is 9.47 Å². The van der Waals surface area contributed by atoms with Gasteiger partial charge < -0.3 is 24.7 Å². The van der Waals surface area contributed by atoms with Crippen LogP contribution in [0, 0.1) is 6.08 Å². The monoisotopic (exact) mass is 490 g/mol. The van der Waals surface area contributed by atoms with Gasteiger partial charge in [0.1, 0.15) is 11.3 Å². The quantitative estimate of drug-likeness (QED) is 0.335. The van der Waals surface area contributed by atoms with Crippen molar-refractivity contribution >= 4 is 28.8 Å². The second-order valence-corrected chi connectivity index (χ2v) is 10.2. The fraction of sp³-hybridized carbons (Fsp3) is 0.609. The van der Waals surface area contributed by atoms with Crippen molar-refractivity contribution in [1.29, 1.82) is 0 Å². The molecule has 0 aromatic carbocycles. The molecular weight excluding hydrogens is 455 g/mol. The number of hydrogen-bond donors (Lipinski definition) is 2. The van der Waals surface area contributed by atoms with E-state index in [2.05, 4.69) is 30.7 Å². The Labute approximate surface area is 204 Å². The number of aryl methyl sites for hydroxylation is 1.